The number of rotatable bonds is 8. The molecule has 0 atom stereocenters. The van der Waals surface area contributed by atoms with Gasteiger partial charge in [0.15, 0.2) is 0 Å². The first-order chi connectivity index (χ1) is 5.85. The maximum absolute atomic E-state index is 8.65. The van der Waals surface area contributed by atoms with Crippen LogP contribution in [-0.4, -0.2) is 47.8 Å². The molecule has 0 saturated heterocycles. The average molecular weight is 191 g/mol. The molecule has 0 amide bonds. The third kappa shape index (κ3) is 6.95. The largest absolute Gasteiger partial charge is 0.396 e. The van der Waals surface area contributed by atoms with Gasteiger partial charge in [0, 0.05) is 25.4 Å². The lowest BCUT2D eigenvalue weighted by Gasteiger charge is -2.19. The quantitative estimate of drug-likeness (QED) is 0.587. The first kappa shape index (κ1) is 12.3. The van der Waals surface area contributed by atoms with Crippen LogP contribution in [0.3, 0.4) is 0 Å². The lowest BCUT2D eigenvalue weighted by molar-refractivity contribution is 0.237. The Morgan fingerprint density at radius 2 is 2.00 bits per heavy atom. The van der Waals surface area contributed by atoms with E-state index in [2.05, 4.69) is 18.7 Å². The lowest BCUT2D eigenvalue weighted by atomic mass is 10.4. The zero-order chi connectivity index (χ0) is 9.23. The molecule has 0 aromatic heterocycles. The molecule has 12 heavy (non-hydrogen) atoms. The Hall–Kier alpha value is 0.270. The van der Waals surface area contributed by atoms with Crippen LogP contribution in [0.4, 0.5) is 0 Å². The van der Waals surface area contributed by atoms with E-state index in [1.165, 1.54) is 11.5 Å². The van der Waals surface area contributed by atoms with Crippen molar-refractivity contribution in [1.29, 1.82) is 0 Å². The van der Waals surface area contributed by atoms with E-state index >= 15 is 0 Å². The van der Waals surface area contributed by atoms with E-state index in [-0.39, 0.29) is 0 Å². The van der Waals surface area contributed by atoms with Gasteiger partial charge in [-0.05, 0) is 18.7 Å². The maximum Gasteiger partial charge on any atom is 0.0443 e. The molecule has 0 unspecified atom stereocenters. The molecule has 0 radical (unpaired) electrons. The van der Waals surface area contributed by atoms with Crippen LogP contribution in [0.25, 0.3) is 0 Å². The van der Waals surface area contributed by atoms with Gasteiger partial charge in [-0.25, -0.2) is 0 Å². The Morgan fingerprint density at radius 1 is 1.25 bits per heavy atom. The Balaban J connectivity index is 3.26. The molecule has 2 nitrogen and oxygen atoms in total. The van der Waals surface area contributed by atoms with Crippen LogP contribution in [0.2, 0.25) is 0 Å². The monoisotopic (exact) mass is 191 g/mol. The van der Waals surface area contributed by atoms with Crippen LogP contribution in [0.5, 0.6) is 0 Å². The summed E-state index contributed by atoms with van der Waals surface area (Å²) in [6.45, 7) is 7.98. The molecule has 0 saturated carbocycles. The van der Waals surface area contributed by atoms with Crippen LogP contribution in [0.15, 0.2) is 0 Å². The van der Waals surface area contributed by atoms with E-state index in [1.807, 2.05) is 11.8 Å². The lowest BCUT2D eigenvalue weighted by Crippen LogP contribution is -2.27. The summed E-state index contributed by atoms with van der Waals surface area (Å²) >= 11 is 1.98. The first-order valence-electron chi connectivity index (χ1n) is 4.76. The Labute approximate surface area is 80.3 Å². The molecule has 0 aromatic rings. The fourth-order valence-corrected chi connectivity index (χ4v) is 1.74. The van der Waals surface area contributed by atoms with Crippen molar-refractivity contribution in [3.8, 4) is 0 Å². The molecule has 0 heterocycles. The van der Waals surface area contributed by atoms with Gasteiger partial charge >= 0.3 is 0 Å². The Morgan fingerprint density at radius 3 is 2.50 bits per heavy atom. The second kappa shape index (κ2) is 9.36. The maximum atomic E-state index is 8.65. The van der Waals surface area contributed by atoms with Crippen molar-refractivity contribution < 1.29 is 5.11 Å². The smallest absolute Gasteiger partial charge is 0.0443 e. The summed E-state index contributed by atoms with van der Waals surface area (Å²) in [5, 5.41) is 8.65. The predicted molar refractivity (Wildman–Crippen MR) is 56.8 cm³/mol. The number of hydrogen-bond acceptors (Lipinski definition) is 3. The highest BCUT2D eigenvalue weighted by molar-refractivity contribution is 7.99. The summed E-state index contributed by atoms with van der Waals surface area (Å²) < 4.78 is 0. The van der Waals surface area contributed by atoms with E-state index in [4.69, 9.17) is 5.11 Å². The van der Waals surface area contributed by atoms with Crippen LogP contribution >= 0.6 is 11.8 Å². The van der Waals surface area contributed by atoms with Crippen LogP contribution < -0.4 is 0 Å². The first-order valence-corrected chi connectivity index (χ1v) is 5.91. The summed E-state index contributed by atoms with van der Waals surface area (Å²) in [7, 11) is 0. The van der Waals surface area contributed by atoms with Crippen molar-refractivity contribution in [1.82, 2.24) is 4.90 Å². The van der Waals surface area contributed by atoms with E-state index in [0.29, 0.717) is 6.61 Å². The van der Waals surface area contributed by atoms with E-state index < -0.39 is 0 Å². The predicted octanol–water partition coefficient (Wildman–Crippen LogP) is 1.44. The Bertz CT molecular complexity index is 90.6. The second-order valence-electron chi connectivity index (χ2n) is 2.71. The number of aliphatic hydroxyl groups is 1. The van der Waals surface area contributed by atoms with Crippen LogP contribution in [0.1, 0.15) is 20.3 Å². The molecule has 0 aromatic carbocycles. The van der Waals surface area contributed by atoms with Gasteiger partial charge in [0.05, 0.1) is 0 Å². The molecule has 0 fully saturated rings. The standard InChI is InChI=1S/C9H21NOS/c1-3-10(6-5-8-11)7-9-12-4-2/h11H,3-9H2,1-2H3. The normalized spacial score (nSPS) is 11.0. The highest BCUT2D eigenvalue weighted by Gasteiger charge is 1.99. The minimum Gasteiger partial charge on any atom is -0.396 e. The van der Waals surface area contributed by atoms with Gasteiger partial charge in [0.25, 0.3) is 0 Å². The molecular weight excluding hydrogens is 170 g/mol. The van der Waals surface area contributed by atoms with Crippen molar-refractivity contribution in [3.63, 3.8) is 0 Å². The van der Waals surface area contributed by atoms with Gasteiger partial charge < -0.3 is 10.0 Å². The molecule has 3 heteroatoms. The Kier molecular flexibility index (Phi) is 9.57. The summed E-state index contributed by atoms with van der Waals surface area (Å²) in [6, 6.07) is 0. The van der Waals surface area contributed by atoms with Crippen LogP contribution in [0, 0.1) is 0 Å². The van der Waals surface area contributed by atoms with Gasteiger partial charge in [-0.15, -0.1) is 0 Å². The SMILES string of the molecule is CCSCCN(CC)CCCO. The van der Waals surface area contributed by atoms with Crippen molar-refractivity contribution in [2.75, 3.05) is 37.7 Å². The van der Waals surface area contributed by atoms with Gasteiger partial charge in [0.1, 0.15) is 0 Å². The molecule has 1 N–H and O–H groups in total. The minimum absolute atomic E-state index is 0.317. The van der Waals surface area contributed by atoms with Crippen LogP contribution in [-0.2, 0) is 0 Å². The molecule has 0 aliphatic heterocycles. The van der Waals surface area contributed by atoms with Gasteiger partial charge in [-0.2, -0.15) is 11.8 Å². The van der Waals surface area contributed by atoms with Gasteiger partial charge in [-0.1, -0.05) is 13.8 Å². The fourth-order valence-electron chi connectivity index (χ4n) is 1.06. The van der Waals surface area contributed by atoms with E-state index in [0.717, 1.165) is 26.1 Å². The van der Waals surface area contributed by atoms with E-state index in [9.17, 15) is 0 Å². The average Bonchev–Trinajstić information content (AvgIpc) is 2.11. The number of hydrogen-bond donors (Lipinski definition) is 1. The molecule has 0 aliphatic carbocycles. The van der Waals surface area contributed by atoms with E-state index in [1.54, 1.807) is 0 Å². The number of nitrogens with zero attached hydrogens (tertiary/aromatic N) is 1. The number of thioether (sulfide) groups is 1. The molecule has 0 spiro atoms. The zero-order valence-corrected chi connectivity index (χ0v) is 9.07. The highest BCUT2D eigenvalue weighted by atomic mass is 32.2. The third-order valence-electron chi connectivity index (χ3n) is 1.84. The summed E-state index contributed by atoms with van der Waals surface area (Å²) in [5.74, 6) is 2.42. The van der Waals surface area contributed by atoms with Gasteiger partial charge in [0.2, 0.25) is 0 Å². The topological polar surface area (TPSA) is 23.5 Å². The molecule has 0 rings (SSSR count). The fraction of sp³-hybridized carbons (Fsp3) is 1.00. The van der Waals surface area contributed by atoms with Gasteiger partial charge in [-0.3, -0.25) is 0 Å². The minimum atomic E-state index is 0.317. The van der Waals surface area contributed by atoms with Crippen molar-refractivity contribution >= 4 is 11.8 Å². The zero-order valence-electron chi connectivity index (χ0n) is 8.25. The van der Waals surface area contributed by atoms with Crippen molar-refractivity contribution in [2.45, 2.75) is 20.3 Å². The van der Waals surface area contributed by atoms with Crippen molar-refractivity contribution in [2.24, 2.45) is 0 Å². The molecule has 0 bridgehead atoms. The molecule has 74 valence electrons. The van der Waals surface area contributed by atoms with Crippen molar-refractivity contribution in [3.05, 3.63) is 0 Å². The highest BCUT2D eigenvalue weighted by Crippen LogP contribution is 2.00. The summed E-state index contributed by atoms with van der Waals surface area (Å²) in [4.78, 5) is 2.39. The molecular formula is C9H21NOS. The number of aliphatic hydroxyl groups excluding tert-OH is 1. The second-order valence-corrected chi connectivity index (χ2v) is 4.10. The summed E-state index contributed by atoms with van der Waals surface area (Å²) in [5.41, 5.74) is 0. The summed E-state index contributed by atoms with van der Waals surface area (Å²) in [6.07, 6.45) is 0.907. The molecule has 0 aliphatic rings. The third-order valence-corrected chi connectivity index (χ3v) is 2.72.